The van der Waals surface area contributed by atoms with Crippen molar-refractivity contribution in [3.63, 3.8) is 0 Å². The Morgan fingerprint density at radius 3 is 2.56 bits per heavy atom. The molecule has 172 valence electrons. The lowest BCUT2D eigenvalue weighted by molar-refractivity contribution is 0.0459. The molecule has 1 saturated carbocycles. The second-order valence-corrected chi connectivity index (χ2v) is 10.9. The largest absolute Gasteiger partial charge is 0.447 e. The number of ether oxygens (including phenoxy) is 1. The number of carbonyl (C=O) groups is 1. The number of rotatable bonds is 7. The zero-order chi connectivity index (χ0) is 22.7. The smallest absolute Gasteiger partial charge is 0.410 e. The van der Waals surface area contributed by atoms with E-state index >= 15 is 0 Å². The zero-order valence-corrected chi connectivity index (χ0v) is 19.4. The van der Waals surface area contributed by atoms with Gasteiger partial charge in [-0.1, -0.05) is 36.4 Å². The standard InChI is InChI=1S/C24H31N3O4S/c1-17(2)31-24(28)27-15-7-12-22(26-32(29,30)20-13-14-20)23(27)16-19-10-6-11-21(25-19)18-8-4-3-5-9-18/h3-6,8-11,17,20,22-23,26H,7,12-16H2,1-2H3. The molecule has 1 amide bonds. The van der Waals surface area contributed by atoms with Gasteiger partial charge < -0.3 is 9.64 Å². The summed E-state index contributed by atoms with van der Waals surface area (Å²) in [5.41, 5.74) is 2.68. The molecule has 0 spiro atoms. The van der Waals surface area contributed by atoms with E-state index in [0.29, 0.717) is 32.2 Å². The van der Waals surface area contributed by atoms with Crippen molar-refractivity contribution in [1.29, 1.82) is 0 Å². The minimum absolute atomic E-state index is 0.244. The van der Waals surface area contributed by atoms with E-state index in [9.17, 15) is 13.2 Å². The predicted octanol–water partition coefficient (Wildman–Crippen LogP) is 3.75. The molecule has 4 rings (SSSR count). The third kappa shape index (κ3) is 5.48. The minimum atomic E-state index is -3.38. The Kier molecular flexibility index (Phi) is 6.81. The van der Waals surface area contributed by atoms with Gasteiger partial charge in [0, 0.05) is 30.3 Å². The number of hydrogen-bond acceptors (Lipinski definition) is 5. The molecular formula is C24H31N3O4S. The van der Waals surface area contributed by atoms with Gasteiger partial charge in [0.15, 0.2) is 0 Å². The van der Waals surface area contributed by atoms with Gasteiger partial charge in [0.05, 0.1) is 23.1 Å². The number of benzene rings is 1. The number of hydrogen-bond donors (Lipinski definition) is 1. The minimum Gasteiger partial charge on any atom is -0.447 e. The first-order valence-corrected chi connectivity index (χ1v) is 12.9. The van der Waals surface area contributed by atoms with Gasteiger partial charge in [-0.15, -0.1) is 0 Å². The van der Waals surface area contributed by atoms with Gasteiger partial charge in [0.1, 0.15) is 0 Å². The molecule has 2 fully saturated rings. The molecule has 1 aliphatic heterocycles. The van der Waals surface area contributed by atoms with Crippen LogP contribution in [0.1, 0.15) is 45.2 Å². The highest BCUT2D eigenvalue weighted by molar-refractivity contribution is 7.90. The highest BCUT2D eigenvalue weighted by atomic mass is 32.2. The molecule has 0 radical (unpaired) electrons. The van der Waals surface area contributed by atoms with Gasteiger partial charge >= 0.3 is 6.09 Å². The summed E-state index contributed by atoms with van der Waals surface area (Å²) in [6.07, 6.45) is 2.61. The number of nitrogens with zero attached hydrogens (tertiary/aromatic N) is 2. The molecule has 8 heteroatoms. The van der Waals surface area contributed by atoms with Crippen LogP contribution < -0.4 is 4.72 Å². The first-order valence-electron chi connectivity index (χ1n) is 11.3. The van der Waals surface area contributed by atoms with Crippen LogP contribution in [0.4, 0.5) is 4.79 Å². The number of piperidine rings is 1. The van der Waals surface area contributed by atoms with Crippen molar-refractivity contribution in [2.75, 3.05) is 6.54 Å². The van der Waals surface area contributed by atoms with Gasteiger partial charge in [-0.2, -0.15) is 0 Å². The third-order valence-corrected chi connectivity index (χ3v) is 7.90. The van der Waals surface area contributed by atoms with E-state index in [2.05, 4.69) is 4.72 Å². The summed E-state index contributed by atoms with van der Waals surface area (Å²) in [6, 6.07) is 15.0. The number of aromatic nitrogens is 1. The van der Waals surface area contributed by atoms with Gasteiger partial charge in [-0.3, -0.25) is 4.98 Å². The van der Waals surface area contributed by atoms with Crippen LogP contribution >= 0.6 is 0 Å². The van der Waals surface area contributed by atoms with Gasteiger partial charge in [-0.05, 0) is 51.7 Å². The Labute approximate surface area is 190 Å². The van der Waals surface area contributed by atoms with E-state index in [1.54, 1.807) is 4.90 Å². The molecule has 0 bridgehead atoms. The molecule has 2 heterocycles. The Bertz CT molecular complexity index is 1040. The van der Waals surface area contributed by atoms with Crippen LogP contribution in [0.15, 0.2) is 48.5 Å². The fourth-order valence-electron chi connectivity index (χ4n) is 4.21. The Morgan fingerprint density at radius 2 is 1.88 bits per heavy atom. The normalized spacial score (nSPS) is 21.5. The predicted molar refractivity (Wildman–Crippen MR) is 124 cm³/mol. The number of carbonyl (C=O) groups excluding carboxylic acids is 1. The molecule has 2 aromatic rings. The van der Waals surface area contributed by atoms with Crippen LogP contribution in [0.2, 0.25) is 0 Å². The molecule has 7 nitrogen and oxygen atoms in total. The molecule has 32 heavy (non-hydrogen) atoms. The lowest BCUT2D eigenvalue weighted by Gasteiger charge is -2.41. The Morgan fingerprint density at radius 1 is 1.12 bits per heavy atom. The van der Waals surface area contributed by atoms with E-state index in [1.165, 1.54) is 0 Å². The van der Waals surface area contributed by atoms with Crippen molar-refractivity contribution < 1.29 is 17.9 Å². The van der Waals surface area contributed by atoms with Crippen molar-refractivity contribution in [2.45, 2.75) is 69.4 Å². The molecule has 1 aromatic carbocycles. The van der Waals surface area contributed by atoms with Crippen LogP contribution in [0, 0.1) is 0 Å². The summed E-state index contributed by atoms with van der Waals surface area (Å²) in [5.74, 6) is 0. The Hall–Kier alpha value is -2.45. The summed E-state index contributed by atoms with van der Waals surface area (Å²) < 4.78 is 33.8. The van der Waals surface area contributed by atoms with Gasteiger partial charge in [0.25, 0.3) is 0 Å². The molecule has 1 saturated heterocycles. The molecule has 1 aromatic heterocycles. The lowest BCUT2D eigenvalue weighted by atomic mass is 9.93. The van der Waals surface area contributed by atoms with Gasteiger partial charge in [-0.25, -0.2) is 17.9 Å². The fraction of sp³-hybridized carbons (Fsp3) is 0.500. The first kappa shape index (κ1) is 22.7. The monoisotopic (exact) mass is 457 g/mol. The van der Waals surface area contributed by atoms with E-state index in [1.807, 2.05) is 62.4 Å². The highest BCUT2D eigenvalue weighted by Crippen LogP contribution is 2.30. The van der Waals surface area contributed by atoms with Crippen LogP contribution in [0.25, 0.3) is 11.3 Å². The first-order chi connectivity index (χ1) is 15.3. The third-order valence-electron chi connectivity index (χ3n) is 5.92. The van der Waals surface area contributed by atoms with E-state index in [0.717, 1.165) is 23.4 Å². The average Bonchev–Trinajstić information content (AvgIpc) is 3.61. The Balaban J connectivity index is 1.61. The zero-order valence-electron chi connectivity index (χ0n) is 18.6. The number of nitrogens with one attached hydrogen (secondary N) is 1. The number of sulfonamides is 1. The van der Waals surface area contributed by atoms with E-state index < -0.39 is 16.1 Å². The van der Waals surface area contributed by atoms with Crippen LogP contribution in [0.5, 0.6) is 0 Å². The lowest BCUT2D eigenvalue weighted by Crippen LogP contribution is -2.58. The van der Waals surface area contributed by atoms with E-state index in [4.69, 9.17) is 9.72 Å². The molecular weight excluding hydrogens is 426 g/mol. The maximum Gasteiger partial charge on any atom is 0.410 e. The summed E-state index contributed by atoms with van der Waals surface area (Å²) in [6.45, 7) is 4.17. The van der Waals surface area contributed by atoms with Gasteiger partial charge in [0.2, 0.25) is 10.0 Å². The van der Waals surface area contributed by atoms with Crippen molar-refractivity contribution in [2.24, 2.45) is 0 Å². The van der Waals surface area contributed by atoms with E-state index in [-0.39, 0.29) is 23.4 Å². The van der Waals surface area contributed by atoms with Crippen LogP contribution in [0.3, 0.4) is 0 Å². The number of likely N-dealkylation sites (tertiary alicyclic amines) is 1. The molecule has 1 N–H and O–H groups in total. The second kappa shape index (κ2) is 9.58. The fourth-order valence-corrected chi connectivity index (χ4v) is 5.85. The van der Waals surface area contributed by atoms with Crippen LogP contribution in [-0.2, 0) is 21.2 Å². The van der Waals surface area contributed by atoms with Crippen molar-refractivity contribution in [3.8, 4) is 11.3 Å². The highest BCUT2D eigenvalue weighted by Gasteiger charge is 2.42. The summed E-state index contributed by atoms with van der Waals surface area (Å²) in [7, 11) is -3.38. The molecule has 1 aliphatic carbocycles. The van der Waals surface area contributed by atoms with Crippen molar-refractivity contribution in [3.05, 3.63) is 54.2 Å². The SMILES string of the molecule is CC(C)OC(=O)N1CCCC(NS(=O)(=O)C2CC2)C1Cc1cccc(-c2ccccc2)n1. The number of pyridine rings is 1. The molecule has 2 unspecified atom stereocenters. The molecule has 2 atom stereocenters. The maximum atomic E-state index is 12.9. The van der Waals surface area contributed by atoms with Crippen LogP contribution in [-0.4, -0.2) is 54.4 Å². The second-order valence-electron chi connectivity index (χ2n) is 8.89. The maximum absolute atomic E-state index is 12.9. The average molecular weight is 458 g/mol. The summed E-state index contributed by atoms with van der Waals surface area (Å²) in [4.78, 5) is 19.4. The summed E-state index contributed by atoms with van der Waals surface area (Å²) >= 11 is 0. The number of amides is 1. The topological polar surface area (TPSA) is 88.6 Å². The van der Waals surface area contributed by atoms with Crippen molar-refractivity contribution in [1.82, 2.24) is 14.6 Å². The quantitative estimate of drug-likeness (QED) is 0.684. The van der Waals surface area contributed by atoms with Crippen molar-refractivity contribution >= 4 is 16.1 Å². The summed E-state index contributed by atoms with van der Waals surface area (Å²) in [5, 5.41) is -0.305. The molecule has 2 aliphatic rings.